The molecule has 10 nitrogen and oxygen atoms in total. The van der Waals surface area contributed by atoms with E-state index in [1.807, 2.05) is 12.1 Å². The Balaban J connectivity index is 1.27. The van der Waals surface area contributed by atoms with Gasteiger partial charge in [0, 0.05) is 49.8 Å². The number of aryl methyl sites for hydroxylation is 2. The van der Waals surface area contributed by atoms with Crippen LogP contribution in [0.2, 0.25) is 0 Å². The van der Waals surface area contributed by atoms with Crippen molar-refractivity contribution in [1.29, 1.82) is 0 Å². The molecule has 0 spiro atoms. The minimum atomic E-state index is -4.67. The molecule has 0 unspecified atom stereocenters. The van der Waals surface area contributed by atoms with Gasteiger partial charge in [0.15, 0.2) is 11.6 Å². The Labute approximate surface area is 300 Å². The lowest BCUT2D eigenvalue weighted by atomic mass is 9.89. The molecule has 7 rings (SSSR count). The van der Waals surface area contributed by atoms with Crippen LogP contribution in [0.1, 0.15) is 117 Å². The van der Waals surface area contributed by atoms with Gasteiger partial charge in [0.1, 0.15) is 23.7 Å². The minimum absolute atomic E-state index is 0.0169. The summed E-state index contributed by atoms with van der Waals surface area (Å²) in [5.74, 6) is -0.893. The largest absolute Gasteiger partial charge is 0.433 e. The van der Waals surface area contributed by atoms with Crippen LogP contribution in [-0.2, 0) is 44.7 Å². The molecule has 4 aliphatic rings. The lowest BCUT2D eigenvalue weighted by Crippen LogP contribution is -2.45. The molecule has 2 aromatic heterocycles. The average Bonchev–Trinajstić information content (AvgIpc) is 3.50. The fourth-order valence-electron chi connectivity index (χ4n) is 8.72. The molecule has 52 heavy (non-hydrogen) atoms. The summed E-state index contributed by atoms with van der Waals surface area (Å²) in [5.41, 5.74) is 1.35. The summed E-state index contributed by atoms with van der Waals surface area (Å²) in [7, 11) is 0. The maximum absolute atomic E-state index is 14.5. The summed E-state index contributed by atoms with van der Waals surface area (Å²) in [6.45, 7) is 3.34. The van der Waals surface area contributed by atoms with Crippen LogP contribution >= 0.6 is 0 Å². The number of ketones is 3. The number of anilines is 1. The van der Waals surface area contributed by atoms with Gasteiger partial charge >= 0.3 is 6.18 Å². The van der Waals surface area contributed by atoms with Crippen LogP contribution in [0.3, 0.4) is 0 Å². The molecular formula is C39H44F3N5O5. The maximum atomic E-state index is 14.5. The summed E-state index contributed by atoms with van der Waals surface area (Å²) in [4.78, 5) is 74.6. The van der Waals surface area contributed by atoms with Gasteiger partial charge in [-0.3, -0.25) is 28.7 Å². The molecule has 1 aromatic carbocycles. The van der Waals surface area contributed by atoms with Crippen LogP contribution < -0.4 is 4.90 Å². The van der Waals surface area contributed by atoms with Gasteiger partial charge in [-0.2, -0.15) is 18.3 Å². The van der Waals surface area contributed by atoms with Crippen molar-refractivity contribution in [2.45, 2.75) is 129 Å². The lowest BCUT2D eigenvalue weighted by Gasteiger charge is -2.28. The van der Waals surface area contributed by atoms with Gasteiger partial charge in [0.25, 0.3) is 0 Å². The first-order valence-electron chi connectivity index (χ1n) is 18.5. The summed E-state index contributed by atoms with van der Waals surface area (Å²) < 4.78 is 42.1. The molecule has 5 heterocycles. The number of hydrogen-bond acceptors (Lipinski definition) is 7. The van der Waals surface area contributed by atoms with Crippen LogP contribution in [0, 0.1) is 12.3 Å². The van der Waals surface area contributed by atoms with Gasteiger partial charge in [-0.15, -0.1) is 0 Å². The molecule has 3 atom stereocenters. The van der Waals surface area contributed by atoms with Crippen LogP contribution in [0.4, 0.5) is 18.9 Å². The van der Waals surface area contributed by atoms with E-state index in [9.17, 15) is 37.1 Å². The second kappa shape index (κ2) is 13.9. The Bertz CT molecular complexity index is 1970. The molecule has 2 saturated heterocycles. The molecule has 1 saturated carbocycles. The third kappa shape index (κ3) is 6.90. The zero-order valence-electron chi connectivity index (χ0n) is 29.7. The van der Waals surface area contributed by atoms with Crippen LogP contribution in [-0.4, -0.2) is 67.5 Å². The van der Waals surface area contributed by atoms with E-state index in [0.717, 1.165) is 50.2 Å². The van der Waals surface area contributed by atoms with Crippen LogP contribution in [0.5, 0.6) is 0 Å². The summed E-state index contributed by atoms with van der Waals surface area (Å²) in [6, 6.07) is 4.78. The molecule has 3 aliphatic heterocycles. The average molecular weight is 720 g/mol. The third-order valence-corrected chi connectivity index (χ3v) is 11.6. The van der Waals surface area contributed by atoms with Crippen molar-refractivity contribution in [3.63, 3.8) is 0 Å². The predicted molar refractivity (Wildman–Crippen MR) is 186 cm³/mol. The monoisotopic (exact) mass is 719 g/mol. The Kier molecular flexibility index (Phi) is 9.58. The SMILES string of the molecule is CC(=O)c1nn2c3c(cc(N4CCCCC4=O)cc13)CCCCCCC(=O)CC[C@@]13C[C@@H](C(=O)Cc4nc(C(F)(F)F)ccc4C)N(C(=O)C2)[C@@H]1C3. The molecule has 2 bridgehead atoms. The van der Waals surface area contributed by atoms with Crippen molar-refractivity contribution in [3.05, 3.63) is 52.5 Å². The normalized spacial score (nSPS) is 24.6. The molecule has 276 valence electrons. The number of alkyl halides is 3. The number of amides is 2. The topological polar surface area (TPSA) is 123 Å². The summed E-state index contributed by atoms with van der Waals surface area (Å²) >= 11 is 0. The smallest absolute Gasteiger partial charge is 0.327 e. The number of halogens is 3. The van der Waals surface area contributed by atoms with E-state index in [1.54, 1.807) is 21.4 Å². The Hall–Kier alpha value is -4.42. The second-order valence-electron chi connectivity index (χ2n) is 15.2. The number of benzene rings is 1. The first kappa shape index (κ1) is 36.0. The summed E-state index contributed by atoms with van der Waals surface area (Å²) in [6.07, 6.45) is 3.31. The summed E-state index contributed by atoms with van der Waals surface area (Å²) in [5, 5.41) is 5.24. The van der Waals surface area contributed by atoms with Crippen molar-refractivity contribution in [3.8, 4) is 0 Å². The fraction of sp³-hybridized carbons (Fsp3) is 0.564. The zero-order valence-corrected chi connectivity index (χ0v) is 29.7. The van der Waals surface area contributed by atoms with E-state index < -0.39 is 29.1 Å². The number of pyridine rings is 1. The molecule has 3 fully saturated rings. The number of carbonyl (C=O) groups excluding carboxylic acids is 5. The van der Waals surface area contributed by atoms with Gasteiger partial charge in [0.05, 0.1) is 23.7 Å². The van der Waals surface area contributed by atoms with Gasteiger partial charge in [-0.25, -0.2) is 4.98 Å². The first-order valence-corrected chi connectivity index (χ1v) is 18.5. The van der Waals surface area contributed by atoms with Gasteiger partial charge in [0.2, 0.25) is 11.8 Å². The Morgan fingerprint density at radius 2 is 1.67 bits per heavy atom. The number of carbonyl (C=O) groups is 5. The Morgan fingerprint density at radius 1 is 0.923 bits per heavy atom. The van der Waals surface area contributed by atoms with E-state index in [4.69, 9.17) is 0 Å². The van der Waals surface area contributed by atoms with Gasteiger partial charge in [-0.05, 0) is 93.0 Å². The standard InChI is InChI=1S/C39H44F3N5O5/c1-23-12-13-32(39(40,41)42)43-29(23)19-31(50)30-20-38-15-14-27(49)10-6-4-3-5-9-25-17-26(45-16-8-7-11-34(45)51)18-28-36(24(2)48)44-46(37(25)28)22-35(52)47(30)33(38)21-38/h12-13,17-18,30,33H,3-11,14-16,19-22H2,1-2H3/t30-,33+,38-/m0/s1. The number of piperidine rings is 2. The molecular weight excluding hydrogens is 675 g/mol. The molecule has 3 aromatic rings. The minimum Gasteiger partial charge on any atom is -0.327 e. The highest BCUT2D eigenvalue weighted by Crippen LogP contribution is 2.62. The maximum Gasteiger partial charge on any atom is 0.433 e. The zero-order chi connectivity index (χ0) is 36.9. The van der Waals surface area contributed by atoms with Crippen molar-refractivity contribution in [1.82, 2.24) is 19.7 Å². The highest BCUT2D eigenvalue weighted by Gasteiger charge is 2.66. The van der Waals surface area contributed by atoms with Crippen molar-refractivity contribution >= 4 is 45.8 Å². The third-order valence-electron chi connectivity index (χ3n) is 11.6. The lowest BCUT2D eigenvalue weighted by molar-refractivity contribution is -0.141. The van der Waals surface area contributed by atoms with Gasteiger partial charge in [-0.1, -0.05) is 18.9 Å². The molecule has 1 aliphatic carbocycles. The molecule has 0 radical (unpaired) electrons. The quantitative estimate of drug-likeness (QED) is 0.276. The van der Waals surface area contributed by atoms with E-state index in [0.29, 0.717) is 73.6 Å². The number of aromatic nitrogens is 3. The number of nitrogens with zero attached hydrogens (tertiary/aromatic N) is 5. The predicted octanol–water partition coefficient (Wildman–Crippen LogP) is 6.51. The van der Waals surface area contributed by atoms with Crippen LogP contribution in [0.25, 0.3) is 10.9 Å². The number of rotatable bonds is 5. The number of Topliss-reactive ketones (excluding diaryl/α,β-unsaturated/α-hetero) is 3. The first-order chi connectivity index (χ1) is 24.8. The van der Waals surface area contributed by atoms with Crippen molar-refractivity contribution in [2.24, 2.45) is 5.41 Å². The van der Waals surface area contributed by atoms with E-state index in [-0.39, 0.29) is 53.8 Å². The van der Waals surface area contributed by atoms with Crippen LogP contribution in [0.15, 0.2) is 24.3 Å². The second-order valence-corrected chi connectivity index (χ2v) is 15.2. The van der Waals surface area contributed by atoms with Gasteiger partial charge < -0.3 is 9.80 Å². The van der Waals surface area contributed by atoms with Crippen molar-refractivity contribution < 1.29 is 37.1 Å². The molecule has 0 N–H and O–H groups in total. The molecule has 13 heteroatoms. The Morgan fingerprint density at radius 3 is 2.40 bits per heavy atom. The highest BCUT2D eigenvalue weighted by molar-refractivity contribution is 6.08. The van der Waals surface area contributed by atoms with E-state index in [2.05, 4.69) is 10.1 Å². The highest BCUT2D eigenvalue weighted by atomic mass is 19.4. The van der Waals surface area contributed by atoms with Crippen molar-refractivity contribution in [2.75, 3.05) is 11.4 Å². The fourth-order valence-corrected chi connectivity index (χ4v) is 8.72. The molecule has 2 amide bonds. The van der Waals surface area contributed by atoms with E-state index in [1.165, 1.54) is 13.0 Å². The van der Waals surface area contributed by atoms with E-state index >= 15 is 0 Å². The number of hydrogen-bond donors (Lipinski definition) is 0.